The predicted octanol–water partition coefficient (Wildman–Crippen LogP) is 0.618. The van der Waals surface area contributed by atoms with E-state index in [2.05, 4.69) is 0 Å². The lowest BCUT2D eigenvalue weighted by atomic mass is 10.0. The topological polar surface area (TPSA) is 60.9 Å². The van der Waals surface area contributed by atoms with Gasteiger partial charge in [0.25, 0.3) is 0 Å². The highest BCUT2D eigenvalue weighted by atomic mass is 16.3. The van der Waals surface area contributed by atoms with Gasteiger partial charge in [0.05, 0.1) is 5.92 Å². The first kappa shape index (κ1) is 14.3. The minimum Gasteiger partial charge on any atom is -0.396 e. The van der Waals surface area contributed by atoms with E-state index in [4.69, 9.17) is 5.11 Å². The Kier molecular flexibility index (Phi) is 4.80. The number of carbonyl (C=O) groups excluding carboxylic acids is 2. The Morgan fingerprint density at radius 1 is 1.47 bits per heavy atom. The Morgan fingerprint density at radius 3 is 2.89 bits per heavy atom. The number of hydrogen-bond acceptors (Lipinski definition) is 3. The molecule has 0 spiro atoms. The molecule has 2 saturated heterocycles. The van der Waals surface area contributed by atoms with E-state index in [0.717, 1.165) is 32.2 Å². The van der Waals surface area contributed by atoms with Crippen molar-refractivity contribution in [2.45, 2.75) is 45.1 Å². The average molecular weight is 268 g/mol. The van der Waals surface area contributed by atoms with Crippen LogP contribution in [-0.2, 0) is 9.59 Å². The monoisotopic (exact) mass is 268 g/mol. The second-order valence-corrected chi connectivity index (χ2v) is 5.53. The number of aliphatic hydroxyl groups is 1. The average Bonchev–Trinajstić information content (AvgIpc) is 3.01. The minimum atomic E-state index is -0.151. The largest absolute Gasteiger partial charge is 0.396 e. The summed E-state index contributed by atoms with van der Waals surface area (Å²) < 4.78 is 0. The van der Waals surface area contributed by atoms with Gasteiger partial charge in [0, 0.05) is 38.7 Å². The van der Waals surface area contributed by atoms with E-state index in [-0.39, 0.29) is 30.4 Å². The van der Waals surface area contributed by atoms with Crippen LogP contribution in [0.4, 0.5) is 0 Å². The van der Waals surface area contributed by atoms with Crippen molar-refractivity contribution in [2.75, 3.05) is 26.2 Å². The van der Waals surface area contributed by atoms with Gasteiger partial charge in [0.2, 0.25) is 11.8 Å². The molecule has 5 nitrogen and oxygen atoms in total. The normalized spacial score (nSPS) is 27.4. The minimum absolute atomic E-state index is 0.104. The third-order valence-electron chi connectivity index (χ3n) is 4.30. The van der Waals surface area contributed by atoms with Gasteiger partial charge in [0.1, 0.15) is 0 Å². The fourth-order valence-electron chi connectivity index (χ4n) is 3.23. The van der Waals surface area contributed by atoms with Gasteiger partial charge in [-0.1, -0.05) is 0 Å². The fraction of sp³-hybridized carbons (Fsp3) is 0.857. The molecule has 0 bridgehead atoms. The SMILES string of the molecule is CCN1CC(C(=O)N2CCCC2CCCO)CC1=O. The molecular weight excluding hydrogens is 244 g/mol. The van der Waals surface area contributed by atoms with Crippen LogP contribution in [0.25, 0.3) is 0 Å². The second kappa shape index (κ2) is 6.37. The van der Waals surface area contributed by atoms with Crippen LogP contribution in [-0.4, -0.2) is 59.0 Å². The zero-order valence-corrected chi connectivity index (χ0v) is 11.7. The first-order valence-electron chi connectivity index (χ1n) is 7.36. The number of hydrogen-bond donors (Lipinski definition) is 1. The molecule has 2 atom stereocenters. The van der Waals surface area contributed by atoms with Crippen LogP contribution in [0.5, 0.6) is 0 Å². The molecule has 19 heavy (non-hydrogen) atoms. The van der Waals surface area contributed by atoms with E-state index >= 15 is 0 Å². The van der Waals surface area contributed by atoms with Crippen molar-refractivity contribution in [3.63, 3.8) is 0 Å². The summed E-state index contributed by atoms with van der Waals surface area (Å²) in [5, 5.41) is 8.91. The maximum absolute atomic E-state index is 12.5. The molecule has 0 aliphatic carbocycles. The van der Waals surface area contributed by atoms with E-state index in [9.17, 15) is 9.59 Å². The van der Waals surface area contributed by atoms with Gasteiger partial charge in [-0.3, -0.25) is 9.59 Å². The van der Waals surface area contributed by atoms with Crippen LogP contribution in [0.2, 0.25) is 0 Å². The van der Waals surface area contributed by atoms with Crippen LogP contribution >= 0.6 is 0 Å². The Hall–Kier alpha value is -1.10. The predicted molar refractivity (Wildman–Crippen MR) is 71.4 cm³/mol. The number of nitrogens with zero attached hydrogens (tertiary/aromatic N) is 2. The van der Waals surface area contributed by atoms with E-state index < -0.39 is 0 Å². The molecule has 2 rings (SSSR count). The number of likely N-dealkylation sites (tertiary alicyclic amines) is 2. The highest BCUT2D eigenvalue weighted by molar-refractivity contribution is 5.89. The van der Waals surface area contributed by atoms with Crippen molar-refractivity contribution in [3.8, 4) is 0 Å². The smallest absolute Gasteiger partial charge is 0.228 e. The number of carbonyl (C=O) groups is 2. The lowest BCUT2D eigenvalue weighted by Gasteiger charge is -2.27. The molecular formula is C14H24N2O3. The zero-order chi connectivity index (χ0) is 13.8. The summed E-state index contributed by atoms with van der Waals surface area (Å²) >= 11 is 0. The van der Waals surface area contributed by atoms with Crippen LogP contribution in [0.1, 0.15) is 39.0 Å². The van der Waals surface area contributed by atoms with E-state index in [1.54, 1.807) is 4.90 Å². The Morgan fingerprint density at radius 2 is 2.26 bits per heavy atom. The fourth-order valence-corrected chi connectivity index (χ4v) is 3.23. The van der Waals surface area contributed by atoms with Crippen molar-refractivity contribution < 1.29 is 14.7 Å². The molecule has 2 amide bonds. The summed E-state index contributed by atoms with van der Waals surface area (Å²) in [6.07, 6.45) is 4.07. The Bertz CT molecular complexity index is 346. The highest BCUT2D eigenvalue weighted by Crippen LogP contribution is 2.27. The van der Waals surface area contributed by atoms with Crippen LogP contribution in [0, 0.1) is 5.92 Å². The molecule has 0 radical (unpaired) electrons. The van der Waals surface area contributed by atoms with E-state index in [1.807, 2.05) is 11.8 Å². The molecule has 0 saturated carbocycles. The van der Waals surface area contributed by atoms with Crippen molar-refractivity contribution in [2.24, 2.45) is 5.92 Å². The van der Waals surface area contributed by atoms with Crippen molar-refractivity contribution >= 4 is 11.8 Å². The third-order valence-corrected chi connectivity index (χ3v) is 4.30. The van der Waals surface area contributed by atoms with E-state index in [1.165, 1.54) is 0 Å². The molecule has 2 fully saturated rings. The standard InChI is InChI=1S/C14H24N2O3/c1-2-15-10-11(9-13(15)18)14(19)16-7-3-5-12(16)6-4-8-17/h11-12,17H,2-10H2,1H3. The zero-order valence-electron chi connectivity index (χ0n) is 11.7. The van der Waals surface area contributed by atoms with Crippen LogP contribution in [0.3, 0.4) is 0 Å². The lowest BCUT2D eigenvalue weighted by molar-refractivity contribution is -0.136. The summed E-state index contributed by atoms with van der Waals surface area (Å²) in [5.74, 6) is 0.0962. The molecule has 2 unspecified atom stereocenters. The molecule has 2 aliphatic heterocycles. The van der Waals surface area contributed by atoms with Gasteiger partial charge >= 0.3 is 0 Å². The van der Waals surface area contributed by atoms with Crippen molar-refractivity contribution in [3.05, 3.63) is 0 Å². The molecule has 5 heteroatoms. The van der Waals surface area contributed by atoms with Crippen LogP contribution < -0.4 is 0 Å². The Labute approximate surface area is 114 Å². The van der Waals surface area contributed by atoms with Gasteiger partial charge in [0.15, 0.2) is 0 Å². The highest BCUT2D eigenvalue weighted by Gasteiger charge is 2.38. The first-order valence-corrected chi connectivity index (χ1v) is 7.36. The molecule has 2 heterocycles. The quantitative estimate of drug-likeness (QED) is 0.795. The lowest BCUT2D eigenvalue weighted by Crippen LogP contribution is -2.40. The maximum atomic E-state index is 12.5. The second-order valence-electron chi connectivity index (χ2n) is 5.53. The summed E-state index contributed by atoms with van der Waals surface area (Å²) in [6.45, 7) is 4.22. The summed E-state index contributed by atoms with van der Waals surface area (Å²) in [4.78, 5) is 27.9. The van der Waals surface area contributed by atoms with Gasteiger partial charge in [-0.2, -0.15) is 0 Å². The van der Waals surface area contributed by atoms with Gasteiger partial charge < -0.3 is 14.9 Å². The number of rotatable bonds is 5. The molecule has 1 N–H and O–H groups in total. The van der Waals surface area contributed by atoms with Crippen molar-refractivity contribution in [1.82, 2.24) is 9.80 Å². The summed E-state index contributed by atoms with van der Waals surface area (Å²) in [7, 11) is 0. The molecule has 2 aliphatic rings. The van der Waals surface area contributed by atoms with Crippen molar-refractivity contribution in [1.29, 1.82) is 0 Å². The maximum Gasteiger partial charge on any atom is 0.228 e. The summed E-state index contributed by atoms with van der Waals surface area (Å²) in [6, 6.07) is 0.269. The number of aliphatic hydroxyl groups excluding tert-OH is 1. The molecule has 0 aromatic carbocycles. The molecule has 0 aromatic rings. The van der Waals surface area contributed by atoms with Gasteiger partial charge in [-0.25, -0.2) is 0 Å². The van der Waals surface area contributed by atoms with E-state index in [0.29, 0.717) is 19.5 Å². The van der Waals surface area contributed by atoms with Gasteiger partial charge in [-0.15, -0.1) is 0 Å². The third kappa shape index (κ3) is 3.08. The van der Waals surface area contributed by atoms with Gasteiger partial charge in [-0.05, 0) is 32.6 Å². The molecule has 0 aromatic heterocycles. The molecule has 108 valence electrons. The Balaban J connectivity index is 1.93. The summed E-state index contributed by atoms with van der Waals surface area (Å²) in [5.41, 5.74) is 0. The number of amides is 2. The first-order chi connectivity index (χ1) is 9.17. The van der Waals surface area contributed by atoms with Crippen LogP contribution in [0.15, 0.2) is 0 Å².